The van der Waals surface area contributed by atoms with Gasteiger partial charge in [-0.3, -0.25) is 14.4 Å². The molecular weight excluding hydrogens is 805 g/mol. The monoisotopic (exact) mass is 919 g/mol. The molecule has 0 aliphatic carbocycles. The predicted molar refractivity (Wildman–Crippen MR) is 279 cm³/mol. The summed E-state index contributed by atoms with van der Waals surface area (Å²) < 4.78 is 16.9. The Labute approximate surface area is 406 Å². The van der Waals surface area contributed by atoms with Crippen molar-refractivity contribution in [3.05, 3.63) is 0 Å². The molecule has 0 spiro atoms. The van der Waals surface area contributed by atoms with E-state index in [2.05, 4.69) is 41.5 Å². The molecule has 386 valence electrons. The van der Waals surface area contributed by atoms with Crippen molar-refractivity contribution in [2.75, 3.05) is 13.2 Å². The fourth-order valence-electron chi connectivity index (χ4n) is 8.97. The fraction of sp³-hybridized carbons (Fsp3) is 0.949. The van der Waals surface area contributed by atoms with Crippen molar-refractivity contribution in [2.45, 2.75) is 330 Å². The standard InChI is InChI=1S/C59H114O6/c1-7-55(6)47-41-35-29-25-26-31-37-43-49-58(61)64-52-56(51-63-57(60)48-42-36-30-23-19-16-12-14-18-22-28-34-40-46-54(4)5)65-59(62)50-44-38-32-24-20-15-11-9-8-10-13-17-21-27-33-39-45-53(2)3/h53-56H,7-52H2,1-6H3/t55?,56-/m0/s1. The Morgan fingerprint density at radius 1 is 0.308 bits per heavy atom. The van der Waals surface area contributed by atoms with Gasteiger partial charge in [0.15, 0.2) is 6.10 Å². The molecule has 0 rings (SSSR count). The molecule has 0 aromatic carbocycles. The largest absolute Gasteiger partial charge is 0.462 e. The molecule has 6 nitrogen and oxygen atoms in total. The first-order valence-corrected chi connectivity index (χ1v) is 29.1. The van der Waals surface area contributed by atoms with Crippen molar-refractivity contribution in [1.82, 2.24) is 0 Å². The summed E-state index contributed by atoms with van der Waals surface area (Å²) in [5.74, 6) is 1.69. The summed E-state index contributed by atoms with van der Waals surface area (Å²) in [6.07, 6.45) is 52.3. The molecule has 0 amide bonds. The lowest BCUT2D eigenvalue weighted by molar-refractivity contribution is -0.167. The van der Waals surface area contributed by atoms with Crippen LogP contribution in [0.15, 0.2) is 0 Å². The summed E-state index contributed by atoms with van der Waals surface area (Å²) in [5, 5.41) is 0. The molecule has 0 aliphatic rings. The second-order valence-electron chi connectivity index (χ2n) is 21.5. The number of hydrogen-bond donors (Lipinski definition) is 0. The lowest BCUT2D eigenvalue weighted by Gasteiger charge is -2.18. The summed E-state index contributed by atoms with van der Waals surface area (Å²) in [6, 6.07) is 0. The van der Waals surface area contributed by atoms with Crippen LogP contribution in [0.1, 0.15) is 324 Å². The van der Waals surface area contributed by atoms with Gasteiger partial charge in [-0.05, 0) is 37.0 Å². The Balaban J connectivity index is 4.29. The first-order chi connectivity index (χ1) is 31.6. The van der Waals surface area contributed by atoms with E-state index in [-0.39, 0.29) is 31.1 Å². The van der Waals surface area contributed by atoms with Gasteiger partial charge in [0.2, 0.25) is 0 Å². The van der Waals surface area contributed by atoms with Gasteiger partial charge in [0.25, 0.3) is 0 Å². The molecule has 65 heavy (non-hydrogen) atoms. The number of ether oxygens (including phenoxy) is 3. The highest BCUT2D eigenvalue weighted by molar-refractivity contribution is 5.71. The molecule has 1 unspecified atom stereocenters. The number of carbonyl (C=O) groups is 3. The maximum absolute atomic E-state index is 12.9. The average Bonchev–Trinajstić information content (AvgIpc) is 3.28. The van der Waals surface area contributed by atoms with Gasteiger partial charge < -0.3 is 14.2 Å². The number of carbonyl (C=O) groups excluding carboxylic acids is 3. The van der Waals surface area contributed by atoms with Crippen LogP contribution in [0.3, 0.4) is 0 Å². The molecule has 0 fully saturated rings. The molecule has 0 radical (unpaired) electrons. The molecule has 0 N–H and O–H groups in total. The van der Waals surface area contributed by atoms with Crippen LogP contribution >= 0.6 is 0 Å². The Bertz CT molecular complexity index is 1010. The van der Waals surface area contributed by atoms with E-state index in [1.54, 1.807) is 0 Å². The third kappa shape index (κ3) is 51.6. The van der Waals surface area contributed by atoms with Gasteiger partial charge in [0.05, 0.1) is 0 Å². The number of unbranched alkanes of at least 4 members (excludes halogenated alkanes) is 34. The Kier molecular flexibility index (Phi) is 49.1. The zero-order valence-corrected chi connectivity index (χ0v) is 44.8. The number of rotatable bonds is 52. The third-order valence-electron chi connectivity index (χ3n) is 13.8. The van der Waals surface area contributed by atoms with Crippen molar-refractivity contribution >= 4 is 17.9 Å². The Morgan fingerprint density at radius 3 is 0.800 bits per heavy atom. The summed E-state index contributed by atoms with van der Waals surface area (Å²) in [6.45, 7) is 13.8. The van der Waals surface area contributed by atoms with E-state index in [1.807, 2.05) is 0 Å². The van der Waals surface area contributed by atoms with Gasteiger partial charge >= 0.3 is 17.9 Å². The third-order valence-corrected chi connectivity index (χ3v) is 13.8. The molecule has 0 aromatic heterocycles. The molecular formula is C59H114O6. The zero-order valence-electron chi connectivity index (χ0n) is 44.8. The SMILES string of the molecule is CCC(C)CCCCCCCCCCC(=O)OC[C@H](COC(=O)CCCCCCCCCCCCCCCC(C)C)OC(=O)CCCCCCCCCCCCCCCCCCC(C)C. The van der Waals surface area contributed by atoms with Gasteiger partial charge in [0, 0.05) is 19.3 Å². The quantitative estimate of drug-likeness (QED) is 0.0344. The zero-order chi connectivity index (χ0) is 47.7. The lowest BCUT2D eigenvalue weighted by atomic mass is 9.99. The second-order valence-corrected chi connectivity index (χ2v) is 21.5. The van der Waals surface area contributed by atoms with Gasteiger partial charge in [0.1, 0.15) is 13.2 Å². The normalized spacial score (nSPS) is 12.6. The highest BCUT2D eigenvalue weighted by Gasteiger charge is 2.19. The van der Waals surface area contributed by atoms with E-state index in [9.17, 15) is 14.4 Å². The van der Waals surface area contributed by atoms with Crippen LogP contribution in [0, 0.1) is 17.8 Å². The van der Waals surface area contributed by atoms with Crippen LogP contribution in [0.2, 0.25) is 0 Å². The van der Waals surface area contributed by atoms with E-state index in [4.69, 9.17) is 14.2 Å². The maximum atomic E-state index is 12.9. The summed E-state index contributed by atoms with van der Waals surface area (Å²) in [4.78, 5) is 38.1. The minimum atomic E-state index is -0.764. The van der Waals surface area contributed by atoms with Crippen molar-refractivity contribution in [3.8, 4) is 0 Å². The molecule has 0 saturated carbocycles. The van der Waals surface area contributed by atoms with Gasteiger partial charge in [-0.2, -0.15) is 0 Å². The molecule has 0 aliphatic heterocycles. The minimum Gasteiger partial charge on any atom is -0.462 e. The van der Waals surface area contributed by atoms with Crippen LogP contribution in [0.5, 0.6) is 0 Å². The summed E-state index contributed by atoms with van der Waals surface area (Å²) in [7, 11) is 0. The summed E-state index contributed by atoms with van der Waals surface area (Å²) >= 11 is 0. The van der Waals surface area contributed by atoms with Gasteiger partial charge in [-0.15, -0.1) is 0 Å². The highest BCUT2D eigenvalue weighted by Crippen LogP contribution is 2.19. The number of esters is 3. The molecule has 0 aromatic rings. The van der Waals surface area contributed by atoms with Crippen LogP contribution in [0.25, 0.3) is 0 Å². The number of hydrogen-bond acceptors (Lipinski definition) is 6. The van der Waals surface area contributed by atoms with Crippen LogP contribution in [-0.2, 0) is 28.6 Å². The van der Waals surface area contributed by atoms with E-state index in [0.29, 0.717) is 19.3 Å². The van der Waals surface area contributed by atoms with Gasteiger partial charge in [-0.1, -0.05) is 286 Å². The smallest absolute Gasteiger partial charge is 0.306 e. The first-order valence-electron chi connectivity index (χ1n) is 29.1. The maximum Gasteiger partial charge on any atom is 0.306 e. The predicted octanol–water partition coefficient (Wildman–Crippen LogP) is 19.1. The highest BCUT2D eigenvalue weighted by atomic mass is 16.6. The second kappa shape index (κ2) is 50.3. The average molecular weight is 920 g/mol. The lowest BCUT2D eigenvalue weighted by Crippen LogP contribution is -2.30. The van der Waals surface area contributed by atoms with Crippen molar-refractivity contribution in [1.29, 1.82) is 0 Å². The Hall–Kier alpha value is -1.59. The minimum absolute atomic E-state index is 0.0638. The first kappa shape index (κ1) is 63.4. The summed E-state index contributed by atoms with van der Waals surface area (Å²) in [5.41, 5.74) is 0. The van der Waals surface area contributed by atoms with Crippen LogP contribution in [-0.4, -0.2) is 37.2 Å². The van der Waals surface area contributed by atoms with Crippen LogP contribution < -0.4 is 0 Å². The molecule has 0 saturated heterocycles. The van der Waals surface area contributed by atoms with Crippen molar-refractivity contribution in [3.63, 3.8) is 0 Å². The molecule has 6 heteroatoms. The topological polar surface area (TPSA) is 78.9 Å². The molecule has 2 atom stereocenters. The van der Waals surface area contributed by atoms with Crippen molar-refractivity contribution in [2.24, 2.45) is 17.8 Å². The van der Waals surface area contributed by atoms with Gasteiger partial charge in [-0.25, -0.2) is 0 Å². The van der Waals surface area contributed by atoms with Crippen molar-refractivity contribution < 1.29 is 28.6 Å². The fourth-order valence-corrected chi connectivity index (χ4v) is 8.97. The van der Waals surface area contributed by atoms with E-state index in [0.717, 1.165) is 75.5 Å². The van der Waals surface area contributed by atoms with E-state index < -0.39 is 6.10 Å². The Morgan fingerprint density at radius 2 is 0.538 bits per heavy atom. The van der Waals surface area contributed by atoms with Crippen LogP contribution in [0.4, 0.5) is 0 Å². The van der Waals surface area contributed by atoms with E-state index >= 15 is 0 Å². The molecule has 0 bridgehead atoms. The molecule has 0 heterocycles. The van der Waals surface area contributed by atoms with E-state index in [1.165, 1.54) is 205 Å².